The first-order valence-electron chi connectivity index (χ1n) is 12.1. The van der Waals surface area contributed by atoms with Crippen LogP contribution in [0.1, 0.15) is 69.3 Å². The van der Waals surface area contributed by atoms with Gasteiger partial charge in [0.25, 0.3) is 5.56 Å². The van der Waals surface area contributed by atoms with Gasteiger partial charge < -0.3 is 10.1 Å². The number of benzene rings is 1. The van der Waals surface area contributed by atoms with Gasteiger partial charge in [-0.25, -0.2) is 4.79 Å². The smallest absolute Gasteiger partial charge is 0.359 e. The van der Waals surface area contributed by atoms with Crippen molar-refractivity contribution in [1.29, 1.82) is 0 Å². The number of para-hydroxylation sites is 1. The van der Waals surface area contributed by atoms with Crippen molar-refractivity contribution in [2.24, 2.45) is 11.8 Å². The van der Waals surface area contributed by atoms with Crippen molar-refractivity contribution in [3.8, 4) is 5.69 Å². The van der Waals surface area contributed by atoms with Gasteiger partial charge in [0.2, 0.25) is 5.91 Å². The Bertz CT molecular complexity index is 1210. The number of rotatable bonds is 8. The highest BCUT2D eigenvalue weighted by Gasteiger charge is 2.28. The number of nitrogens with zero attached hydrogens (tertiary/aromatic N) is 2. The molecule has 1 N–H and O–H groups in total. The molecule has 1 fully saturated rings. The minimum Gasteiger partial charge on any atom is -0.461 e. The summed E-state index contributed by atoms with van der Waals surface area (Å²) in [7, 11) is 0. The number of hydrogen-bond acceptors (Lipinski definition) is 6. The SMILES string of the molecule is CCCCC1CCC(C(=O)Nc2scc3c(C(=O)OCC)nn(-c4ccccc4)c(=O)c23)CC1. The van der Waals surface area contributed by atoms with Gasteiger partial charge in [-0.05, 0) is 50.7 Å². The lowest BCUT2D eigenvalue weighted by Crippen LogP contribution is -2.28. The summed E-state index contributed by atoms with van der Waals surface area (Å²) in [5.41, 5.74) is 0.219. The summed E-state index contributed by atoms with van der Waals surface area (Å²) in [5.74, 6) is -0.00305. The average Bonchev–Trinajstić information content (AvgIpc) is 3.28. The summed E-state index contributed by atoms with van der Waals surface area (Å²) in [5, 5.41) is 10.2. The molecule has 0 saturated heterocycles. The van der Waals surface area contributed by atoms with E-state index in [2.05, 4.69) is 17.3 Å². The van der Waals surface area contributed by atoms with Gasteiger partial charge in [0.15, 0.2) is 5.69 Å². The molecular weight excluding hydrogens is 450 g/mol. The Morgan fingerprint density at radius 1 is 1.15 bits per heavy atom. The lowest BCUT2D eigenvalue weighted by Gasteiger charge is -2.27. The van der Waals surface area contributed by atoms with Gasteiger partial charge in [-0.1, -0.05) is 44.4 Å². The van der Waals surface area contributed by atoms with E-state index in [-0.39, 0.29) is 35.1 Å². The number of thiophene rings is 1. The molecule has 0 atom stereocenters. The summed E-state index contributed by atoms with van der Waals surface area (Å²) in [6.07, 6.45) is 7.56. The minimum atomic E-state index is -0.599. The van der Waals surface area contributed by atoms with Crippen LogP contribution in [0.4, 0.5) is 5.00 Å². The van der Waals surface area contributed by atoms with E-state index in [0.29, 0.717) is 22.0 Å². The third-order valence-electron chi connectivity index (χ3n) is 6.54. The number of amides is 1. The molecule has 180 valence electrons. The average molecular weight is 482 g/mol. The lowest BCUT2D eigenvalue weighted by molar-refractivity contribution is -0.121. The van der Waals surface area contributed by atoms with Crippen LogP contribution in [-0.2, 0) is 9.53 Å². The van der Waals surface area contributed by atoms with Crippen molar-refractivity contribution in [3.05, 3.63) is 51.8 Å². The first kappa shape index (κ1) is 24.1. The Morgan fingerprint density at radius 2 is 1.88 bits per heavy atom. The molecule has 7 nitrogen and oxygen atoms in total. The highest BCUT2D eigenvalue weighted by molar-refractivity contribution is 7.16. The molecule has 1 aliphatic rings. The van der Waals surface area contributed by atoms with Crippen LogP contribution in [0.5, 0.6) is 0 Å². The number of hydrogen-bond donors (Lipinski definition) is 1. The van der Waals surface area contributed by atoms with Crippen molar-refractivity contribution >= 4 is 39.0 Å². The molecule has 2 aromatic heterocycles. The Labute approximate surface area is 203 Å². The molecule has 2 heterocycles. The zero-order chi connectivity index (χ0) is 24.1. The van der Waals surface area contributed by atoms with E-state index >= 15 is 0 Å². The number of ether oxygens (including phenoxy) is 1. The molecule has 34 heavy (non-hydrogen) atoms. The molecule has 8 heteroatoms. The molecule has 0 unspecified atom stereocenters. The number of carbonyl (C=O) groups excluding carboxylic acids is 2. The quantitative estimate of drug-likeness (QED) is 0.426. The van der Waals surface area contributed by atoms with Gasteiger partial charge in [-0.15, -0.1) is 11.3 Å². The second-order valence-electron chi connectivity index (χ2n) is 8.82. The van der Waals surface area contributed by atoms with E-state index in [1.807, 2.05) is 6.07 Å². The van der Waals surface area contributed by atoms with Gasteiger partial charge >= 0.3 is 5.97 Å². The Hall–Kier alpha value is -3.00. The highest BCUT2D eigenvalue weighted by Crippen LogP contribution is 2.35. The van der Waals surface area contributed by atoms with Gasteiger partial charge in [-0.2, -0.15) is 9.78 Å². The van der Waals surface area contributed by atoms with Crippen molar-refractivity contribution in [2.75, 3.05) is 11.9 Å². The maximum Gasteiger partial charge on any atom is 0.359 e. The number of esters is 1. The Kier molecular flexibility index (Phi) is 7.77. The molecular formula is C26H31N3O4S. The highest BCUT2D eigenvalue weighted by atomic mass is 32.1. The predicted octanol–water partition coefficient (Wildman–Crippen LogP) is 5.56. The van der Waals surface area contributed by atoms with Gasteiger partial charge in [0.1, 0.15) is 5.00 Å². The van der Waals surface area contributed by atoms with Gasteiger partial charge in [0, 0.05) is 16.7 Å². The van der Waals surface area contributed by atoms with Crippen LogP contribution in [0.2, 0.25) is 0 Å². The van der Waals surface area contributed by atoms with Crippen LogP contribution in [0.3, 0.4) is 0 Å². The lowest BCUT2D eigenvalue weighted by atomic mass is 9.79. The fraction of sp³-hybridized carbons (Fsp3) is 0.462. The van der Waals surface area contributed by atoms with Crippen LogP contribution in [0, 0.1) is 11.8 Å². The third kappa shape index (κ3) is 5.06. The summed E-state index contributed by atoms with van der Waals surface area (Å²) in [6, 6.07) is 8.93. The van der Waals surface area contributed by atoms with E-state index in [0.717, 1.165) is 25.7 Å². The van der Waals surface area contributed by atoms with Gasteiger partial charge in [-0.3, -0.25) is 9.59 Å². The van der Waals surface area contributed by atoms with Crippen LogP contribution in [0.25, 0.3) is 16.5 Å². The monoisotopic (exact) mass is 481 g/mol. The van der Waals surface area contributed by atoms with E-state index in [4.69, 9.17) is 4.74 Å². The number of carbonyl (C=O) groups is 2. The zero-order valence-electron chi connectivity index (χ0n) is 19.7. The maximum absolute atomic E-state index is 13.4. The zero-order valence-corrected chi connectivity index (χ0v) is 20.5. The number of fused-ring (bicyclic) bond motifs is 1. The maximum atomic E-state index is 13.4. The number of anilines is 1. The largest absolute Gasteiger partial charge is 0.461 e. The van der Waals surface area contributed by atoms with Crippen LogP contribution in [0.15, 0.2) is 40.5 Å². The number of unbranched alkanes of at least 4 members (excludes halogenated alkanes) is 1. The van der Waals surface area contributed by atoms with Crippen LogP contribution >= 0.6 is 11.3 Å². The fourth-order valence-corrected chi connectivity index (χ4v) is 5.60. The second kappa shape index (κ2) is 11.0. The molecule has 4 rings (SSSR count). The van der Waals surface area contributed by atoms with Crippen LogP contribution in [-0.4, -0.2) is 28.3 Å². The summed E-state index contributed by atoms with van der Waals surface area (Å²) < 4.78 is 6.39. The third-order valence-corrected chi connectivity index (χ3v) is 7.44. The molecule has 0 spiro atoms. The van der Waals surface area contributed by atoms with Crippen molar-refractivity contribution in [1.82, 2.24) is 9.78 Å². The molecule has 0 aliphatic heterocycles. The molecule has 1 saturated carbocycles. The van der Waals surface area contributed by atoms with E-state index in [1.165, 1.54) is 35.3 Å². The normalized spacial score (nSPS) is 18.1. The Morgan fingerprint density at radius 3 is 2.56 bits per heavy atom. The van der Waals surface area contributed by atoms with Crippen molar-refractivity contribution < 1.29 is 14.3 Å². The Balaban J connectivity index is 1.65. The first-order chi connectivity index (χ1) is 16.5. The van der Waals surface area contributed by atoms with E-state index in [9.17, 15) is 14.4 Å². The topological polar surface area (TPSA) is 90.3 Å². The molecule has 1 aromatic carbocycles. The number of aromatic nitrogens is 2. The summed E-state index contributed by atoms with van der Waals surface area (Å²) >= 11 is 1.24. The first-order valence-corrected chi connectivity index (χ1v) is 13.0. The summed E-state index contributed by atoms with van der Waals surface area (Å²) in [4.78, 5) is 39.2. The van der Waals surface area contributed by atoms with Crippen LogP contribution < -0.4 is 10.9 Å². The molecule has 1 amide bonds. The van der Waals surface area contributed by atoms with Crippen molar-refractivity contribution in [3.63, 3.8) is 0 Å². The van der Waals surface area contributed by atoms with Gasteiger partial charge in [0.05, 0.1) is 17.7 Å². The summed E-state index contributed by atoms with van der Waals surface area (Å²) in [6.45, 7) is 4.12. The van der Waals surface area contributed by atoms with E-state index in [1.54, 1.807) is 36.6 Å². The second-order valence-corrected chi connectivity index (χ2v) is 9.70. The molecule has 3 aromatic rings. The molecule has 0 radical (unpaired) electrons. The fourth-order valence-electron chi connectivity index (χ4n) is 4.66. The number of nitrogens with one attached hydrogen (secondary N) is 1. The molecule has 0 bridgehead atoms. The molecule has 1 aliphatic carbocycles. The minimum absolute atomic E-state index is 0.0575. The standard InChI is InChI=1S/C26H31N3O4S/c1-3-5-9-17-12-14-18(15-13-17)23(30)27-24-21-20(16-34-24)22(26(32)33-4-2)28-29(25(21)31)19-10-7-6-8-11-19/h6-8,10-11,16-18H,3-5,9,12-15H2,1-2H3,(H,27,30). The van der Waals surface area contributed by atoms with Crippen molar-refractivity contribution in [2.45, 2.75) is 58.8 Å². The predicted molar refractivity (Wildman–Crippen MR) is 135 cm³/mol. The van der Waals surface area contributed by atoms with E-state index < -0.39 is 5.97 Å².